The molecule has 1 fully saturated rings. The lowest BCUT2D eigenvalue weighted by Gasteiger charge is -2.24. The fourth-order valence-corrected chi connectivity index (χ4v) is 2.29. The second-order valence-electron chi connectivity index (χ2n) is 5.70. The van der Waals surface area contributed by atoms with Gasteiger partial charge >= 0.3 is 0 Å². The van der Waals surface area contributed by atoms with Crippen molar-refractivity contribution in [3.63, 3.8) is 0 Å². The molecule has 0 spiro atoms. The minimum atomic E-state index is 0.189. The molecule has 1 heterocycles. The van der Waals surface area contributed by atoms with Gasteiger partial charge in [-0.1, -0.05) is 13.8 Å². The summed E-state index contributed by atoms with van der Waals surface area (Å²) in [6.45, 7) is 14.1. The number of Topliss-reactive ketones (excluding diaryl/α,β-unsaturated/α-hetero) is 1. The van der Waals surface area contributed by atoms with Crippen LogP contribution in [0, 0.1) is 5.92 Å². The molecule has 1 saturated heterocycles. The van der Waals surface area contributed by atoms with Crippen LogP contribution in [-0.4, -0.2) is 54.3 Å². The molecule has 0 atom stereocenters. The van der Waals surface area contributed by atoms with E-state index in [1.165, 1.54) is 13.0 Å². The van der Waals surface area contributed by atoms with E-state index in [0.29, 0.717) is 11.8 Å². The van der Waals surface area contributed by atoms with E-state index in [2.05, 4.69) is 23.6 Å². The van der Waals surface area contributed by atoms with E-state index in [0.717, 1.165) is 32.6 Å². The summed E-state index contributed by atoms with van der Waals surface area (Å²) < 4.78 is 0. The first-order valence-corrected chi connectivity index (χ1v) is 7.00. The van der Waals surface area contributed by atoms with Gasteiger partial charge in [-0.05, 0) is 33.4 Å². The van der Waals surface area contributed by atoms with Crippen molar-refractivity contribution in [2.45, 2.75) is 46.6 Å². The molecule has 0 N–H and O–H groups in total. The predicted molar refractivity (Wildman–Crippen MR) is 72.2 cm³/mol. The maximum atomic E-state index is 11.6. The SMILES string of the molecule is CC(C)C(=O)CCN1CCCN(C(C)C)CC1. The first kappa shape index (κ1) is 14.7. The van der Waals surface area contributed by atoms with Gasteiger partial charge in [-0.3, -0.25) is 9.69 Å². The molecule has 100 valence electrons. The summed E-state index contributed by atoms with van der Waals surface area (Å²) in [6.07, 6.45) is 1.95. The average Bonchev–Trinajstić information content (AvgIpc) is 2.50. The van der Waals surface area contributed by atoms with Crippen LogP contribution in [0.3, 0.4) is 0 Å². The summed E-state index contributed by atoms with van der Waals surface area (Å²) in [5.41, 5.74) is 0. The Hall–Kier alpha value is -0.410. The molecule has 3 heteroatoms. The van der Waals surface area contributed by atoms with Gasteiger partial charge in [-0.15, -0.1) is 0 Å². The standard InChI is InChI=1S/C14H28N2O/c1-12(2)14(17)6-9-15-7-5-8-16(11-10-15)13(3)4/h12-13H,5-11H2,1-4H3. The summed E-state index contributed by atoms with van der Waals surface area (Å²) in [6, 6.07) is 0.646. The Bertz CT molecular complexity index is 238. The Morgan fingerprint density at radius 2 is 1.76 bits per heavy atom. The molecule has 0 unspecified atom stereocenters. The number of nitrogens with zero attached hydrogens (tertiary/aromatic N) is 2. The van der Waals surface area contributed by atoms with Crippen LogP contribution in [0.25, 0.3) is 0 Å². The van der Waals surface area contributed by atoms with E-state index >= 15 is 0 Å². The van der Waals surface area contributed by atoms with E-state index in [4.69, 9.17) is 0 Å². The Morgan fingerprint density at radius 1 is 1.06 bits per heavy atom. The molecular weight excluding hydrogens is 212 g/mol. The van der Waals surface area contributed by atoms with Gasteiger partial charge in [0.2, 0.25) is 0 Å². The maximum absolute atomic E-state index is 11.6. The molecule has 17 heavy (non-hydrogen) atoms. The number of rotatable bonds is 5. The number of hydrogen-bond acceptors (Lipinski definition) is 3. The van der Waals surface area contributed by atoms with Gasteiger partial charge in [-0.2, -0.15) is 0 Å². The smallest absolute Gasteiger partial charge is 0.136 e. The fourth-order valence-electron chi connectivity index (χ4n) is 2.29. The maximum Gasteiger partial charge on any atom is 0.136 e. The summed E-state index contributed by atoms with van der Waals surface area (Å²) >= 11 is 0. The molecular formula is C14H28N2O. The summed E-state index contributed by atoms with van der Waals surface area (Å²) in [5.74, 6) is 0.587. The molecule has 1 aliphatic heterocycles. The van der Waals surface area contributed by atoms with Crippen molar-refractivity contribution in [3.05, 3.63) is 0 Å². The van der Waals surface area contributed by atoms with Gasteiger partial charge in [0.05, 0.1) is 0 Å². The molecule has 0 aromatic rings. The molecule has 0 aromatic heterocycles. The highest BCUT2D eigenvalue weighted by atomic mass is 16.1. The number of hydrogen-bond donors (Lipinski definition) is 0. The van der Waals surface area contributed by atoms with Crippen LogP contribution in [0.1, 0.15) is 40.5 Å². The van der Waals surface area contributed by atoms with Gasteiger partial charge < -0.3 is 4.90 Å². The predicted octanol–water partition coefficient (Wildman–Crippen LogP) is 2.02. The van der Waals surface area contributed by atoms with Crippen LogP contribution in [0.15, 0.2) is 0 Å². The zero-order valence-corrected chi connectivity index (χ0v) is 11.9. The van der Waals surface area contributed by atoms with Crippen molar-refractivity contribution in [1.29, 1.82) is 0 Å². The van der Waals surface area contributed by atoms with Gasteiger partial charge in [0.25, 0.3) is 0 Å². The van der Waals surface area contributed by atoms with E-state index in [1.54, 1.807) is 0 Å². The highest BCUT2D eigenvalue weighted by Crippen LogP contribution is 2.08. The molecule has 0 aliphatic carbocycles. The highest BCUT2D eigenvalue weighted by Gasteiger charge is 2.17. The van der Waals surface area contributed by atoms with Crippen LogP contribution < -0.4 is 0 Å². The van der Waals surface area contributed by atoms with Gasteiger partial charge in [-0.25, -0.2) is 0 Å². The zero-order chi connectivity index (χ0) is 12.8. The average molecular weight is 240 g/mol. The van der Waals surface area contributed by atoms with Gasteiger partial charge in [0, 0.05) is 38.0 Å². The number of carbonyl (C=O) groups excluding carboxylic acids is 1. The third kappa shape index (κ3) is 5.17. The van der Waals surface area contributed by atoms with E-state index in [9.17, 15) is 4.79 Å². The van der Waals surface area contributed by atoms with Crippen molar-refractivity contribution in [1.82, 2.24) is 9.80 Å². The molecule has 0 bridgehead atoms. The fraction of sp³-hybridized carbons (Fsp3) is 0.929. The Kier molecular flexibility index (Phi) is 6.14. The number of ketones is 1. The highest BCUT2D eigenvalue weighted by molar-refractivity contribution is 5.80. The molecule has 0 aromatic carbocycles. The van der Waals surface area contributed by atoms with Crippen LogP contribution >= 0.6 is 0 Å². The number of carbonyl (C=O) groups is 1. The van der Waals surface area contributed by atoms with Crippen LogP contribution in [0.5, 0.6) is 0 Å². The van der Waals surface area contributed by atoms with Crippen LogP contribution in [-0.2, 0) is 4.79 Å². The normalized spacial score (nSPS) is 19.9. The second-order valence-corrected chi connectivity index (χ2v) is 5.70. The zero-order valence-electron chi connectivity index (χ0n) is 11.9. The van der Waals surface area contributed by atoms with E-state index < -0.39 is 0 Å². The lowest BCUT2D eigenvalue weighted by molar-refractivity contribution is -0.122. The van der Waals surface area contributed by atoms with Crippen molar-refractivity contribution < 1.29 is 4.79 Å². The van der Waals surface area contributed by atoms with Crippen molar-refractivity contribution in [2.75, 3.05) is 32.7 Å². The topological polar surface area (TPSA) is 23.6 Å². The third-order valence-corrected chi connectivity index (χ3v) is 3.67. The van der Waals surface area contributed by atoms with Crippen molar-refractivity contribution in [3.8, 4) is 0 Å². The molecule has 0 amide bonds. The van der Waals surface area contributed by atoms with Crippen molar-refractivity contribution >= 4 is 5.78 Å². The lowest BCUT2D eigenvalue weighted by atomic mass is 10.1. The van der Waals surface area contributed by atoms with Crippen LogP contribution in [0.2, 0.25) is 0 Å². The van der Waals surface area contributed by atoms with Crippen molar-refractivity contribution in [2.24, 2.45) is 5.92 Å². The Morgan fingerprint density at radius 3 is 2.35 bits per heavy atom. The van der Waals surface area contributed by atoms with Crippen LogP contribution in [0.4, 0.5) is 0 Å². The molecule has 0 saturated carbocycles. The minimum Gasteiger partial charge on any atom is -0.302 e. The lowest BCUT2D eigenvalue weighted by Crippen LogP contribution is -2.35. The van der Waals surface area contributed by atoms with E-state index in [1.807, 2.05) is 13.8 Å². The molecule has 1 rings (SSSR count). The first-order chi connectivity index (χ1) is 8.00. The molecule has 3 nitrogen and oxygen atoms in total. The summed E-state index contributed by atoms with van der Waals surface area (Å²) in [4.78, 5) is 16.6. The largest absolute Gasteiger partial charge is 0.302 e. The summed E-state index contributed by atoms with van der Waals surface area (Å²) in [5, 5.41) is 0. The first-order valence-electron chi connectivity index (χ1n) is 7.00. The Balaban J connectivity index is 2.29. The third-order valence-electron chi connectivity index (χ3n) is 3.67. The quantitative estimate of drug-likeness (QED) is 0.734. The van der Waals surface area contributed by atoms with Gasteiger partial charge in [0.1, 0.15) is 5.78 Å². The minimum absolute atomic E-state index is 0.189. The Labute approximate surface area is 106 Å². The molecule has 0 radical (unpaired) electrons. The molecule has 1 aliphatic rings. The summed E-state index contributed by atoms with van der Waals surface area (Å²) in [7, 11) is 0. The van der Waals surface area contributed by atoms with E-state index in [-0.39, 0.29) is 5.92 Å². The second kappa shape index (κ2) is 7.12. The van der Waals surface area contributed by atoms with Gasteiger partial charge in [0.15, 0.2) is 0 Å². The monoisotopic (exact) mass is 240 g/mol.